The summed E-state index contributed by atoms with van der Waals surface area (Å²) in [6, 6.07) is 7.30. The molecule has 1 aromatic heterocycles. The van der Waals surface area contributed by atoms with Gasteiger partial charge in [-0.15, -0.1) is 0 Å². The van der Waals surface area contributed by atoms with Gasteiger partial charge in [0, 0.05) is 18.5 Å². The lowest BCUT2D eigenvalue weighted by Gasteiger charge is -2.01. The highest BCUT2D eigenvalue weighted by Gasteiger charge is 2.36. The van der Waals surface area contributed by atoms with Crippen LogP contribution < -0.4 is 0 Å². The number of ether oxygens (including phenoxy) is 1. The zero-order valence-corrected chi connectivity index (χ0v) is 10.3. The van der Waals surface area contributed by atoms with E-state index in [1.807, 2.05) is 24.3 Å². The Labute approximate surface area is 108 Å². The summed E-state index contributed by atoms with van der Waals surface area (Å²) in [5.74, 6) is -1.82. The molecule has 5 heteroatoms. The van der Waals surface area contributed by atoms with Crippen LogP contribution in [-0.2, 0) is 14.3 Å². The van der Waals surface area contributed by atoms with Gasteiger partial charge in [0.25, 0.3) is 0 Å². The molecule has 2 heterocycles. The number of fused-ring (bicyclic) bond motifs is 1. The van der Waals surface area contributed by atoms with Crippen molar-refractivity contribution >= 4 is 28.7 Å². The van der Waals surface area contributed by atoms with Crippen molar-refractivity contribution in [3.63, 3.8) is 0 Å². The van der Waals surface area contributed by atoms with Crippen LogP contribution in [0.3, 0.4) is 0 Å². The maximum Gasteiger partial charge on any atom is 0.321 e. The Morgan fingerprint density at radius 2 is 2.05 bits per heavy atom. The quantitative estimate of drug-likeness (QED) is 0.577. The second-order valence-corrected chi connectivity index (χ2v) is 4.54. The number of nitrogens with zero attached hydrogens (tertiary/aromatic N) is 1. The molecule has 0 spiro atoms. The largest absolute Gasteiger partial charge is 0.393 e. The molecule has 19 heavy (non-hydrogen) atoms. The van der Waals surface area contributed by atoms with Crippen molar-refractivity contribution in [3.8, 4) is 0 Å². The summed E-state index contributed by atoms with van der Waals surface area (Å²) in [4.78, 5) is 34.5. The summed E-state index contributed by atoms with van der Waals surface area (Å²) in [5.41, 5.74) is 1.40. The Bertz CT molecular complexity index is 713. The fourth-order valence-electron chi connectivity index (χ4n) is 2.46. The third kappa shape index (κ3) is 1.74. The van der Waals surface area contributed by atoms with E-state index in [1.54, 1.807) is 6.20 Å². The zero-order valence-electron chi connectivity index (χ0n) is 10.3. The number of para-hydroxylation sites is 1. The van der Waals surface area contributed by atoms with Gasteiger partial charge in [-0.25, -0.2) is 0 Å². The SMILES string of the molecule is CC(=O)n1cc(C2CC(=O)OC2=O)c2ccccc21. The number of rotatable bonds is 1. The molecule has 1 aliphatic heterocycles. The Morgan fingerprint density at radius 3 is 2.68 bits per heavy atom. The molecule has 1 atom stereocenters. The molecule has 1 aromatic carbocycles. The molecular weight excluding hydrogens is 246 g/mol. The minimum absolute atomic E-state index is 0.0325. The number of hydrogen-bond donors (Lipinski definition) is 0. The number of benzene rings is 1. The molecule has 1 aliphatic rings. The fraction of sp³-hybridized carbons (Fsp3) is 0.214. The second kappa shape index (κ2) is 4.05. The Balaban J connectivity index is 2.22. The van der Waals surface area contributed by atoms with Gasteiger partial charge in [0.15, 0.2) is 0 Å². The number of carbonyl (C=O) groups is 3. The van der Waals surface area contributed by atoms with Gasteiger partial charge in [-0.05, 0) is 11.6 Å². The highest BCUT2D eigenvalue weighted by Crippen LogP contribution is 2.34. The molecule has 0 radical (unpaired) electrons. The van der Waals surface area contributed by atoms with Crippen LogP contribution in [0.4, 0.5) is 0 Å². The van der Waals surface area contributed by atoms with Gasteiger partial charge in [-0.1, -0.05) is 18.2 Å². The minimum atomic E-state index is -0.613. The molecule has 96 valence electrons. The van der Waals surface area contributed by atoms with Crippen LogP contribution >= 0.6 is 0 Å². The average Bonchev–Trinajstić information content (AvgIpc) is 2.89. The van der Waals surface area contributed by atoms with Crippen molar-refractivity contribution in [1.29, 1.82) is 0 Å². The Kier molecular flexibility index (Phi) is 2.48. The minimum Gasteiger partial charge on any atom is -0.393 e. The molecule has 3 rings (SSSR count). The van der Waals surface area contributed by atoms with E-state index in [4.69, 9.17) is 0 Å². The molecule has 2 aromatic rings. The normalized spacial score (nSPS) is 18.9. The zero-order chi connectivity index (χ0) is 13.6. The van der Waals surface area contributed by atoms with E-state index in [2.05, 4.69) is 4.74 Å². The molecule has 5 nitrogen and oxygen atoms in total. The van der Waals surface area contributed by atoms with E-state index in [-0.39, 0.29) is 12.3 Å². The van der Waals surface area contributed by atoms with Crippen molar-refractivity contribution in [2.45, 2.75) is 19.3 Å². The maximum absolute atomic E-state index is 11.7. The lowest BCUT2D eigenvalue weighted by molar-refractivity contribution is -0.152. The third-order valence-corrected chi connectivity index (χ3v) is 3.33. The summed E-state index contributed by atoms with van der Waals surface area (Å²) in [7, 11) is 0. The molecule has 0 amide bonds. The molecule has 1 unspecified atom stereocenters. The summed E-state index contributed by atoms with van der Waals surface area (Å²) in [6.07, 6.45) is 1.66. The van der Waals surface area contributed by atoms with Crippen molar-refractivity contribution in [2.75, 3.05) is 0 Å². The molecular formula is C14H11NO4. The van der Waals surface area contributed by atoms with Gasteiger partial charge in [-0.2, -0.15) is 0 Å². The van der Waals surface area contributed by atoms with Crippen molar-refractivity contribution in [3.05, 3.63) is 36.0 Å². The van der Waals surface area contributed by atoms with Crippen LogP contribution in [0.15, 0.2) is 30.5 Å². The van der Waals surface area contributed by atoms with Gasteiger partial charge in [-0.3, -0.25) is 19.0 Å². The van der Waals surface area contributed by atoms with Gasteiger partial charge in [0.1, 0.15) is 0 Å². The van der Waals surface area contributed by atoms with Gasteiger partial charge in [0.2, 0.25) is 5.91 Å². The smallest absolute Gasteiger partial charge is 0.321 e. The first-order chi connectivity index (χ1) is 9.08. The molecule has 0 aliphatic carbocycles. The fourth-order valence-corrected chi connectivity index (χ4v) is 2.46. The summed E-state index contributed by atoms with van der Waals surface area (Å²) < 4.78 is 6.06. The van der Waals surface area contributed by atoms with Crippen molar-refractivity contribution < 1.29 is 19.1 Å². The number of carbonyl (C=O) groups excluding carboxylic acids is 3. The lowest BCUT2D eigenvalue weighted by Crippen LogP contribution is -2.06. The summed E-state index contributed by atoms with van der Waals surface area (Å²) >= 11 is 0. The van der Waals surface area contributed by atoms with E-state index < -0.39 is 17.9 Å². The lowest BCUT2D eigenvalue weighted by atomic mass is 9.97. The van der Waals surface area contributed by atoms with Crippen LogP contribution in [0, 0.1) is 0 Å². The van der Waals surface area contributed by atoms with Gasteiger partial charge in [0.05, 0.1) is 17.9 Å². The molecule has 0 N–H and O–H groups in total. The van der Waals surface area contributed by atoms with Gasteiger partial charge >= 0.3 is 11.9 Å². The van der Waals surface area contributed by atoms with E-state index in [0.717, 1.165) is 10.9 Å². The predicted molar refractivity (Wildman–Crippen MR) is 66.7 cm³/mol. The Morgan fingerprint density at radius 1 is 1.32 bits per heavy atom. The maximum atomic E-state index is 11.7. The third-order valence-electron chi connectivity index (χ3n) is 3.33. The van der Waals surface area contributed by atoms with Crippen LogP contribution in [0.2, 0.25) is 0 Å². The number of aromatic nitrogens is 1. The number of hydrogen-bond acceptors (Lipinski definition) is 4. The first-order valence-corrected chi connectivity index (χ1v) is 5.93. The van der Waals surface area contributed by atoms with Crippen molar-refractivity contribution in [2.24, 2.45) is 0 Å². The van der Waals surface area contributed by atoms with Crippen LogP contribution in [0.1, 0.15) is 29.6 Å². The van der Waals surface area contributed by atoms with E-state index in [1.165, 1.54) is 11.5 Å². The summed E-state index contributed by atoms with van der Waals surface area (Å²) in [5, 5.41) is 0.800. The van der Waals surface area contributed by atoms with E-state index >= 15 is 0 Å². The molecule has 0 bridgehead atoms. The Hall–Kier alpha value is -2.43. The topological polar surface area (TPSA) is 65.4 Å². The van der Waals surface area contributed by atoms with Crippen LogP contribution in [-0.4, -0.2) is 22.4 Å². The van der Waals surface area contributed by atoms with Crippen LogP contribution in [0.5, 0.6) is 0 Å². The average molecular weight is 257 g/mol. The number of cyclic esters (lactones) is 2. The summed E-state index contributed by atoms with van der Waals surface area (Å²) in [6.45, 7) is 1.45. The standard InChI is InChI=1S/C14H11NO4/c1-8(16)15-7-11(9-4-2-3-5-12(9)15)10-6-13(17)19-14(10)18/h2-5,7,10H,6H2,1H3. The first kappa shape index (κ1) is 11.6. The second-order valence-electron chi connectivity index (χ2n) is 4.54. The van der Waals surface area contributed by atoms with Gasteiger partial charge < -0.3 is 4.74 Å². The van der Waals surface area contributed by atoms with Crippen molar-refractivity contribution in [1.82, 2.24) is 4.57 Å². The van der Waals surface area contributed by atoms with E-state index in [0.29, 0.717) is 5.56 Å². The molecule has 1 fully saturated rings. The number of esters is 2. The first-order valence-electron chi connectivity index (χ1n) is 5.93. The predicted octanol–water partition coefficient (Wildman–Crippen LogP) is 1.86. The van der Waals surface area contributed by atoms with E-state index in [9.17, 15) is 14.4 Å². The highest BCUT2D eigenvalue weighted by atomic mass is 16.6. The highest BCUT2D eigenvalue weighted by molar-refractivity contribution is 6.02. The van der Waals surface area contributed by atoms with Crippen LogP contribution in [0.25, 0.3) is 10.9 Å². The molecule has 0 saturated carbocycles. The molecule has 1 saturated heterocycles. The monoisotopic (exact) mass is 257 g/mol.